The van der Waals surface area contributed by atoms with Crippen molar-refractivity contribution in [3.63, 3.8) is 0 Å². The summed E-state index contributed by atoms with van der Waals surface area (Å²) in [5.41, 5.74) is 3.14. The van der Waals surface area contributed by atoms with Gasteiger partial charge in [0.05, 0.1) is 11.1 Å². The Bertz CT molecular complexity index is 997. The van der Waals surface area contributed by atoms with Crippen LogP contribution in [0.2, 0.25) is 5.02 Å². The van der Waals surface area contributed by atoms with E-state index in [0.29, 0.717) is 16.1 Å². The lowest BCUT2D eigenvalue weighted by atomic mass is 10.0. The van der Waals surface area contributed by atoms with Crippen LogP contribution in [0.25, 0.3) is 10.8 Å². The number of nitro benzene ring substituents is 1. The Morgan fingerprint density at radius 1 is 1.12 bits per heavy atom. The smallest absolute Gasteiger partial charge is 0.267 e. The summed E-state index contributed by atoms with van der Waals surface area (Å²) < 4.78 is 0. The molecule has 6 nitrogen and oxygen atoms in total. The van der Waals surface area contributed by atoms with Crippen molar-refractivity contribution in [3.05, 3.63) is 86.9 Å². The Kier molecular flexibility index (Phi) is 4.72. The van der Waals surface area contributed by atoms with E-state index in [1.807, 2.05) is 30.3 Å². The fourth-order valence-corrected chi connectivity index (χ4v) is 2.55. The topological polar surface area (TPSA) is 84.6 Å². The number of hydrogen-bond donors (Lipinski definition) is 1. The average molecular weight is 354 g/mol. The fraction of sp³-hybridized carbons (Fsp3) is 0. The monoisotopic (exact) mass is 353 g/mol. The number of non-ortho nitro benzene ring substituents is 1. The maximum Gasteiger partial charge on any atom is 0.271 e. The molecule has 0 aliphatic rings. The molecule has 3 aromatic rings. The van der Waals surface area contributed by atoms with Crippen LogP contribution in [-0.4, -0.2) is 17.0 Å². The van der Waals surface area contributed by atoms with Crippen LogP contribution in [-0.2, 0) is 0 Å². The zero-order chi connectivity index (χ0) is 17.8. The zero-order valence-electron chi connectivity index (χ0n) is 12.8. The zero-order valence-corrected chi connectivity index (χ0v) is 13.6. The van der Waals surface area contributed by atoms with Gasteiger partial charge in [-0.1, -0.05) is 48.0 Å². The number of hydrazone groups is 1. The van der Waals surface area contributed by atoms with Gasteiger partial charge in [-0.15, -0.1) is 0 Å². The van der Waals surface area contributed by atoms with Crippen molar-refractivity contribution >= 4 is 40.2 Å². The lowest BCUT2D eigenvalue weighted by Gasteiger charge is -2.05. The number of halogens is 1. The number of fused-ring (bicyclic) bond motifs is 1. The SMILES string of the molecule is O=C(N/N=C\c1cc([N+](=O)[O-])ccc1Cl)c1cccc2ccccc12. The molecule has 7 heteroatoms. The first-order chi connectivity index (χ1) is 12.1. The number of carbonyl (C=O) groups is 1. The predicted octanol–water partition coefficient (Wildman–Crippen LogP) is 4.17. The first kappa shape index (κ1) is 16.6. The molecule has 0 aliphatic heterocycles. The summed E-state index contributed by atoms with van der Waals surface area (Å²) >= 11 is 5.98. The van der Waals surface area contributed by atoms with E-state index < -0.39 is 4.92 Å². The molecule has 0 radical (unpaired) electrons. The van der Waals surface area contributed by atoms with Gasteiger partial charge in [0.1, 0.15) is 0 Å². The Balaban J connectivity index is 1.81. The van der Waals surface area contributed by atoms with Crippen molar-refractivity contribution in [2.75, 3.05) is 0 Å². The number of benzene rings is 3. The number of nitro groups is 1. The minimum absolute atomic E-state index is 0.105. The van der Waals surface area contributed by atoms with Gasteiger partial charge >= 0.3 is 0 Å². The summed E-state index contributed by atoms with van der Waals surface area (Å²) in [6, 6.07) is 16.9. The molecule has 0 fully saturated rings. The van der Waals surface area contributed by atoms with Crippen LogP contribution in [0.5, 0.6) is 0 Å². The molecule has 3 aromatic carbocycles. The summed E-state index contributed by atoms with van der Waals surface area (Å²) in [7, 11) is 0. The molecule has 0 saturated carbocycles. The molecule has 124 valence electrons. The van der Waals surface area contributed by atoms with E-state index in [0.717, 1.165) is 10.8 Å². The summed E-state index contributed by atoms with van der Waals surface area (Å²) in [6.45, 7) is 0. The first-order valence-corrected chi connectivity index (χ1v) is 7.69. The van der Waals surface area contributed by atoms with Gasteiger partial charge < -0.3 is 0 Å². The number of nitrogens with zero attached hydrogens (tertiary/aromatic N) is 2. The van der Waals surface area contributed by atoms with Crippen molar-refractivity contribution in [2.24, 2.45) is 5.10 Å². The van der Waals surface area contributed by atoms with Gasteiger partial charge in [-0.2, -0.15) is 5.10 Å². The largest absolute Gasteiger partial charge is 0.271 e. The molecule has 0 atom stereocenters. The van der Waals surface area contributed by atoms with Gasteiger partial charge in [0.25, 0.3) is 11.6 Å². The Morgan fingerprint density at radius 3 is 2.68 bits per heavy atom. The highest BCUT2D eigenvalue weighted by Crippen LogP contribution is 2.21. The molecular weight excluding hydrogens is 342 g/mol. The average Bonchev–Trinajstić information content (AvgIpc) is 2.62. The molecule has 25 heavy (non-hydrogen) atoms. The third-order valence-corrected chi connectivity index (χ3v) is 3.94. The van der Waals surface area contributed by atoms with Crippen LogP contribution in [0.15, 0.2) is 65.8 Å². The van der Waals surface area contributed by atoms with Crippen LogP contribution in [0, 0.1) is 10.1 Å². The lowest BCUT2D eigenvalue weighted by Crippen LogP contribution is -2.17. The molecule has 0 bridgehead atoms. The summed E-state index contributed by atoms with van der Waals surface area (Å²) in [5.74, 6) is -0.380. The van der Waals surface area contributed by atoms with Crippen molar-refractivity contribution in [1.82, 2.24) is 5.43 Å². The van der Waals surface area contributed by atoms with Crippen molar-refractivity contribution in [3.8, 4) is 0 Å². The molecule has 1 amide bonds. The Hall–Kier alpha value is -3.25. The van der Waals surface area contributed by atoms with Crippen LogP contribution in [0.1, 0.15) is 15.9 Å². The highest BCUT2D eigenvalue weighted by molar-refractivity contribution is 6.33. The van der Waals surface area contributed by atoms with E-state index in [2.05, 4.69) is 10.5 Å². The van der Waals surface area contributed by atoms with Crippen molar-refractivity contribution in [2.45, 2.75) is 0 Å². The highest BCUT2D eigenvalue weighted by atomic mass is 35.5. The summed E-state index contributed by atoms with van der Waals surface area (Å²) in [6.07, 6.45) is 1.28. The molecular formula is C18H12ClN3O3. The second-order valence-corrected chi connectivity index (χ2v) is 5.60. The van der Waals surface area contributed by atoms with Gasteiger partial charge in [0, 0.05) is 28.3 Å². The number of carbonyl (C=O) groups excluding carboxylic acids is 1. The molecule has 0 aliphatic carbocycles. The van der Waals surface area contributed by atoms with Crippen molar-refractivity contribution in [1.29, 1.82) is 0 Å². The van der Waals surface area contributed by atoms with E-state index >= 15 is 0 Å². The number of amides is 1. The standard InChI is InChI=1S/C18H12ClN3O3/c19-17-9-8-14(22(24)25)10-13(17)11-20-21-18(23)16-7-3-5-12-4-1-2-6-15(12)16/h1-11H,(H,21,23)/b20-11-. The number of rotatable bonds is 4. The summed E-state index contributed by atoms with van der Waals surface area (Å²) in [4.78, 5) is 22.6. The third-order valence-electron chi connectivity index (χ3n) is 3.59. The maximum absolute atomic E-state index is 12.3. The minimum atomic E-state index is -0.525. The predicted molar refractivity (Wildman–Crippen MR) is 97.1 cm³/mol. The Labute approximate surface area is 147 Å². The molecule has 0 saturated heterocycles. The van der Waals surface area contributed by atoms with E-state index in [1.165, 1.54) is 24.4 Å². The van der Waals surface area contributed by atoms with E-state index in [4.69, 9.17) is 11.6 Å². The summed E-state index contributed by atoms with van der Waals surface area (Å²) in [5, 5.41) is 16.7. The van der Waals surface area contributed by atoms with Crippen LogP contribution in [0.3, 0.4) is 0 Å². The first-order valence-electron chi connectivity index (χ1n) is 7.31. The van der Waals surface area contributed by atoms with Gasteiger partial charge in [0.2, 0.25) is 0 Å². The quantitative estimate of drug-likeness (QED) is 0.434. The fourth-order valence-electron chi connectivity index (χ4n) is 2.39. The second kappa shape index (κ2) is 7.11. The molecule has 0 heterocycles. The van der Waals surface area contributed by atoms with E-state index in [-0.39, 0.29) is 11.6 Å². The van der Waals surface area contributed by atoms with E-state index in [1.54, 1.807) is 12.1 Å². The molecule has 0 spiro atoms. The van der Waals surface area contributed by atoms with Crippen molar-refractivity contribution < 1.29 is 9.72 Å². The molecule has 3 rings (SSSR count). The minimum Gasteiger partial charge on any atom is -0.267 e. The normalized spacial score (nSPS) is 10.9. The molecule has 1 N–H and O–H groups in total. The molecule has 0 aromatic heterocycles. The van der Waals surface area contributed by atoms with Gasteiger partial charge in [0.15, 0.2) is 0 Å². The second-order valence-electron chi connectivity index (χ2n) is 5.19. The number of hydrogen-bond acceptors (Lipinski definition) is 4. The van der Waals surface area contributed by atoms with Crippen LogP contribution in [0.4, 0.5) is 5.69 Å². The highest BCUT2D eigenvalue weighted by Gasteiger charge is 2.10. The lowest BCUT2D eigenvalue weighted by molar-refractivity contribution is -0.384. The van der Waals surface area contributed by atoms with E-state index in [9.17, 15) is 14.9 Å². The Morgan fingerprint density at radius 2 is 1.88 bits per heavy atom. The van der Waals surface area contributed by atoms with Gasteiger partial charge in [-0.05, 0) is 22.9 Å². The van der Waals surface area contributed by atoms with Crippen LogP contribution < -0.4 is 5.43 Å². The number of nitrogens with one attached hydrogen (secondary N) is 1. The van der Waals surface area contributed by atoms with Gasteiger partial charge in [-0.3, -0.25) is 14.9 Å². The van der Waals surface area contributed by atoms with Gasteiger partial charge in [-0.25, -0.2) is 5.43 Å². The van der Waals surface area contributed by atoms with Crippen LogP contribution >= 0.6 is 11.6 Å². The maximum atomic E-state index is 12.3. The third kappa shape index (κ3) is 3.64. The molecule has 0 unspecified atom stereocenters.